The molecule has 5 nitrogen and oxygen atoms in total. The smallest absolute Gasteiger partial charge is 0.304 e. The first kappa shape index (κ1) is 15.0. The summed E-state index contributed by atoms with van der Waals surface area (Å²) in [6.07, 6.45) is 3.76. The number of hydrogen-bond acceptors (Lipinski definition) is 3. The van der Waals surface area contributed by atoms with E-state index < -0.39 is 5.97 Å². The average molecular weight is 256 g/mol. The maximum atomic E-state index is 11.6. The van der Waals surface area contributed by atoms with Gasteiger partial charge in [0.15, 0.2) is 0 Å². The summed E-state index contributed by atoms with van der Waals surface area (Å²) in [7, 11) is 0. The fourth-order valence-corrected chi connectivity index (χ4v) is 2.43. The topological polar surface area (TPSA) is 69.6 Å². The third-order valence-electron chi connectivity index (χ3n) is 3.24. The quantitative estimate of drug-likeness (QED) is 0.750. The zero-order valence-corrected chi connectivity index (χ0v) is 11.3. The highest BCUT2D eigenvalue weighted by molar-refractivity contribution is 5.76. The van der Waals surface area contributed by atoms with Gasteiger partial charge in [-0.25, -0.2) is 0 Å². The summed E-state index contributed by atoms with van der Waals surface area (Å²) in [5, 5.41) is 11.7. The van der Waals surface area contributed by atoms with Crippen molar-refractivity contribution in [1.82, 2.24) is 10.2 Å². The molecular weight excluding hydrogens is 232 g/mol. The second-order valence-electron chi connectivity index (χ2n) is 5.26. The van der Waals surface area contributed by atoms with Crippen LogP contribution in [0.2, 0.25) is 0 Å². The highest BCUT2D eigenvalue weighted by Gasteiger charge is 2.24. The van der Waals surface area contributed by atoms with Gasteiger partial charge >= 0.3 is 5.97 Å². The van der Waals surface area contributed by atoms with E-state index in [4.69, 9.17) is 5.11 Å². The molecule has 1 atom stereocenters. The molecule has 104 valence electrons. The number of aliphatic carboxylic acids is 1. The lowest BCUT2D eigenvalue weighted by atomic mass is 9.99. The zero-order valence-electron chi connectivity index (χ0n) is 11.3. The minimum absolute atomic E-state index is 0.0460. The van der Waals surface area contributed by atoms with Crippen molar-refractivity contribution < 1.29 is 14.7 Å². The molecule has 0 bridgehead atoms. The van der Waals surface area contributed by atoms with Crippen LogP contribution in [-0.2, 0) is 9.59 Å². The number of likely N-dealkylation sites (tertiary alicyclic amines) is 1. The van der Waals surface area contributed by atoms with Crippen LogP contribution in [0.3, 0.4) is 0 Å². The molecule has 5 heteroatoms. The molecule has 18 heavy (non-hydrogen) atoms. The molecule has 1 amide bonds. The molecule has 0 radical (unpaired) electrons. The normalized spacial score (nSPS) is 20.9. The van der Waals surface area contributed by atoms with Crippen LogP contribution in [-0.4, -0.2) is 47.1 Å². The predicted molar refractivity (Wildman–Crippen MR) is 69.4 cm³/mol. The molecule has 1 saturated heterocycles. The largest absolute Gasteiger partial charge is 0.481 e. The minimum Gasteiger partial charge on any atom is -0.481 e. The van der Waals surface area contributed by atoms with Crippen molar-refractivity contribution in [2.45, 2.75) is 58.0 Å². The van der Waals surface area contributed by atoms with Gasteiger partial charge in [0.05, 0.1) is 6.42 Å². The lowest BCUT2D eigenvalue weighted by Crippen LogP contribution is -2.43. The van der Waals surface area contributed by atoms with Crippen LogP contribution < -0.4 is 5.32 Å². The molecule has 0 aromatic rings. The Morgan fingerprint density at radius 2 is 2.11 bits per heavy atom. The molecule has 1 aliphatic rings. The summed E-state index contributed by atoms with van der Waals surface area (Å²) in [5.74, 6) is -0.705. The van der Waals surface area contributed by atoms with Crippen LogP contribution in [0.25, 0.3) is 0 Å². The highest BCUT2D eigenvalue weighted by Crippen LogP contribution is 2.19. The first-order valence-electron chi connectivity index (χ1n) is 6.74. The summed E-state index contributed by atoms with van der Waals surface area (Å²) < 4.78 is 0. The number of carbonyl (C=O) groups excluding carboxylic acids is 1. The third kappa shape index (κ3) is 5.49. The second kappa shape index (κ2) is 7.36. The summed E-state index contributed by atoms with van der Waals surface area (Å²) in [4.78, 5) is 24.5. The van der Waals surface area contributed by atoms with Gasteiger partial charge in [-0.1, -0.05) is 6.42 Å². The monoisotopic (exact) mass is 256 g/mol. The van der Waals surface area contributed by atoms with Crippen molar-refractivity contribution >= 4 is 11.9 Å². The van der Waals surface area contributed by atoms with E-state index >= 15 is 0 Å². The molecule has 1 heterocycles. The van der Waals surface area contributed by atoms with Crippen molar-refractivity contribution in [3.05, 3.63) is 0 Å². The van der Waals surface area contributed by atoms with E-state index in [9.17, 15) is 9.59 Å². The van der Waals surface area contributed by atoms with Gasteiger partial charge in [0.25, 0.3) is 0 Å². The van der Waals surface area contributed by atoms with E-state index in [2.05, 4.69) is 10.2 Å². The van der Waals surface area contributed by atoms with E-state index in [-0.39, 0.29) is 24.4 Å². The lowest BCUT2D eigenvalue weighted by molar-refractivity contribution is -0.138. The summed E-state index contributed by atoms with van der Waals surface area (Å²) in [6.45, 7) is 5.45. The molecule has 0 aromatic carbocycles. The fourth-order valence-electron chi connectivity index (χ4n) is 2.43. The summed E-state index contributed by atoms with van der Waals surface area (Å²) in [6, 6.07) is 0.261. The van der Waals surface area contributed by atoms with Gasteiger partial charge in [0.2, 0.25) is 5.91 Å². The fraction of sp³-hybridized carbons (Fsp3) is 0.846. The number of hydrogen-bond donors (Lipinski definition) is 2. The molecule has 0 aliphatic carbocycles. The van der Waals surface area contributed by atoms with Gasteiger partial charge in [-0.2, -0.15) is 0 Å². The van der Waals surface area contributed by atoms with Crippen molar-refractivity contribution in [2.75, 3.05) is 13.1 Å². The van der Waals surface area contributed by atoms with Crippen LogP contribution in [0.4, 0.5) is 0 Å². The standard InChI is InChI=1S/C13H24N2O3/c1-10(2)14-12(16)6-8-15-7-4-3-5-11(15)9-13(17)18/h10-11H,3-9H2,1-2H3,(H,14,16)(H,17,18). The van der Waals surface area contributed by atoms with Crippen molar-refractivity contribution in [3.63, 3.8) is 0 Å². The van der Waals surface area contributed by atoms with Gasteiger partial charge in [-0.15, -0.1) is 0 Å². The molecule has 0 spiro atoms. The number of nitrogens with zero attached hydrogens (tertiary/aromatic N) is 1. The Morgan fingerprint density at radius 1 is 1.39 bits per heavy atom. The number of nitrogens with one attached hydrogen (secondary N) is 1. The number of carboxylic acid groups (broad SMARTS) is 1. The Hall–Kier alpha value is -1.10. The van der Waals surface area contributed by atoms with Crippen molar-refractivity contribution in [2.24, 2.45) is 0 Å². The molecule has 1 aliphatic heterocycles. The van der Waals surface area contributed by atoms with Crippen LogP contribution in [0.1, 0.15) is 46.0 Å². The zero-order chi connectivity index (χ0) is 13.5. The number of carboxylic acids is 1. The van der Waals surface area contributed by atoms with Gasteiger partial charge in [-0.3, -0.25) is 14.5 Å². The third-order valence-corrected chi connectivity index (χ3v) is 3.24. The Kier molecular flexibility index (Phi) is 6.12. The second-order valence-corrected chi connectivity index (χ2v) is 5.26. The predicted octanol–water partition coefficient (Wildman–Crippen LogP) is 1.23. The Morgan fingerprint density at radius 3 is 2.72 bits per heavy atom. The molecular formula is C13H24N2O3. The van der Waals surface area contributed by atoms with Crippen LogP contribution >= 0.6 is 0 Å². The molecule has 0 aromatic heterocycles. The molecule has 1 rings (SSSR count). The van der Waals surface area contributed by atoms with Gasteiger partial charge in [-0.05, 0) is 33.2 Å². The maximum absolute atomic E-state index is 11.6. The van der Waals surface area contributed by atoms with E-state index in [1.54, 1.807) is 0 Å². The minimum atomic E-state index is -0.751. The van der Waals surface area contributed by atoms with E-state index in [1.807, 2.05) is 13.8 Å². The number of amides is 1. The van der Waals surface area contributed by atoms with E-state index in [0.29, 0.717) is 13.0 Å². The van der Waals surface area contributed by atoms with Crippen LogP contribution in [0.5, 0.6) is 0 Å². The molecule has 1 fully saturated rings. The number of carbonyl (C=O) groups is 2. The summed E-state index contributed by atoms with van der Waals surface area (Å²) >= 11 is 0. The summed E-state index contributed by atoms with van der Waals surface area (Å²) in [5.41, 5.74) is 0. The van der Waals surface area contributed by atoms with E-state index in [0.717, 1.165) is 25.8 Å². The van der Waals surface area contributed by atoms with Crippen molar-refractivity contribution in [3.8, 4) is 0 Å². The van der Waals surface area contributed by atoms with Gasteiger partial charge < -0.3 is 10.4 Å². The SMILES string of the molecule is CC(C)NC(=O)CCN1CCCCC1CC(=O)O. The Bertz CT molecular complexity index is 292. The van der Waals surface area contributed by atoms with Crippen LogP contribution in [0.15, 0.2) is 0 Å². The highest BCUT2D eigenvalue weighted by atomic mass is 16.4. The van der Waals surface area contributed by atoms with E-state index in [1.165, 1.54) is 0 Å². The first-order valence-corrected chi connectivity index (χ1v) is 6.74. The Labute approximate surface area is 109 Å². The maximum Gasteiger partial charge on any atom is 0.304 e. The lowest BCUT2D eigenvalue weighted by Gasteiger charge is -2.34. The van der Waals surface area contributed by atoms with Gasteiger partial charge in [0.1, 0.15) is 0 Å². The van der Waals surface area contributed by atoms with Crippen molar-refractivity contribution in [1.29, 1.82) is 0 Å². The number of piperidine rings is 1. The molecule has 2 N–H and O–H groups in total. The first-order chi connectivity index (χ1) is 8.49. The van der Waals surface area contributed by atoms with Gasteiger partial charge in [0, 0.05) is 25.0 Å². The average Bonchev–Trinajstić information content (AvgIpc) is 2.26. The molecule has 1 unspecified atom stereocenters. The Balaban J connectivity index is 2.37. The van der Waals surface area contributed by atoms with Crippen LogP contribution in [0, 0.1) is 0 Å². The molecule has 0 saturated carbocycles. The number of rotatable bonds is 6.